The Kier molecular flexibility index (Phi) is 5.17. The maximum Gasteiger partial charge on any atom is 0.209 e. The number of amides is 1. The number of thiocarbonyl (C=S) groups is 1. The smallest absolute Gasteiger partial charge is 0.209 e. The minimum absolute atomic E-state index is 0.615. The van der Waals surface area contributed by atoms with Crippen LogP contribution in [0.3, 0.4) is 0 Å². The standard InChI is InChI=1S/C14H19N3O2S/c1-2-19-13-6-4-3-5-12(13)15-14(20)17-9-7-16(11-18)8-10-17/h3-6,11H,2,7-10H2,1H3,(H,15,20). The summed E-state index contributed by atoms with van der Waals surface area (Å²) in [5, 5.41) is 3.89. The highest BCUT2D eigenvalue weighted by molar-refractivity contribution is 7.80. The number of benzene rings is 1. The van der Waals surface area contributed by atoms with Gasteiger partial charge in [0, 0.05) is 26.2 Å². The Labute approximate surface area is 124 Å². The molecular formula is C14H19N3O2S. The van der Waals surface area contributed by atoms with E-state index in [4.69, 9.17) is 17.0 Å². The lowest BCUT2D eigenvalue weighted by Gasteiger charge is -2.34. The maximum absolute atomic E-state index is 10.7. The number of piperazine rings is 1. The zero-order chi connectivity index (χ0) is 14.4. The fourth-order valence-corrected chi connectivity index (χ4v) is 2.37. The van der Waals surface area contributed by atoms with Crippen molar-refractivity contribution in [1.29, 1.82) is 0 Å². The molecule has 1 N–H and O–H groups in total. The van der Waals surface area contributed by atoms with E-state index < -0.39 is 0 Å². The van der Waals surface area contributed by atoms with Crippen LogP contribution in [0.25, 0.3) is 0 Å². The molecule has 6 heteroatoms. The Hall–Kier alpha value is -1.82. The van der Waals surface area contributed by atoms with Gasteiger partial charge in [0.25, 0.3) is 0 Å². The molecule has 1 aliphatic rings. The van der Waals surface area contributed by atoms with E-state index in [1.807, 2.05) is 31.2 Å². The lowest BCUT2D eigenvalue weighted by molar-refractivity contribution is -0.119. The average molecular weight is 293 g/mol. The van der Waals surface area contributed by atoms with Gasteiger partial charge >= 0.3 is 0 Å². The highest BCUT2D eigenvalue weighted by Gasteiger charge is 2.18. The fourth-order valence-electron chi connectivity index (χ4n) is 2.08. The van der Waals surface area contributed by atoms with Crippen LogP contribution in [0.4, 0.5) is 5.69 Å². The third-order valence-electron chi connectivity index (χ3n) is 3.18. The summed E-state index contributed by atoms with van der Waals surface area (Å²) in [6, 6.07) is 7.73. The van der Waals surface area contributed by atoms with Crippen molar-refractivity contribution in [1.82, 2.24) is 9.80 Å². The van der Waals surface area contributed by atoms with Crippen molar-refractivity contribution in [2.75, 3.05) is 38.1 Å². The second-order valence-electron chi connectivity index (χ2n) is 4.49. The Bertz CT molecular complexity index is 473. The van der Waals surface area contributed by atoms with Crippen LogP contribution in [0.2, 0.25) is 0 Å². The molecule has 1 heterocycles. The molecule has 0 saturated carbocycles. The van der Waals surface area contributed by atoms with Crippen LogP contribution in [0, 0.1) is 0 Å². The highest BCUT2D eigenvalue weighted by Crippen LogP contribution is 2.24. The quantitative estimate of drug-likeness (QED) is 0.674. The van der Waals surface area contributed by atoms with E-state index in [2.05, 4.69) is 10.2 Å². The molecule has 1 aromatic carbocycles. The number of ether oxygens (including phenoxy) is 1. The molecule has 2 rings (SSSR count). The highest BCUT2D eigenvalue weighted by atomic mass is 32.1. The largest absolute Gasteiger partial charge is 0.492 e. The van der Waals surface area contributed by atoms with Crippen molar-refractivity contribution in [3.8, 4) is 5.75 Å². The molecule has 5 nitrogen and oxygen atoms in total. The first-order chi connectivity index (χ1) is 9.74. The number of hydrogen-bond donors (Lipinski definition) is 1. The predicted octanol–water partition coefficient (Wildman–Crippen LogP) is 1.56. The van der Waals surface area contributed by atoms with Gasteiger partial charge < -0.3 is 19.9 Å². The van der Waals surface area contributed by atoms with Crippen LogP contribution >= 0.6 is 12.2 Å². The number of rotatable bonds is 4. The zero-order valence-electron chi connectivity index (χ0n) is 11.5. The summed E-state index contributed by atoms with van der Waals surface area (Å²) in [7, 11) is 0. The first kappa shape index (κ1) is 14.6. The first-order valence-corrected chi connectivity index (χ1v) is 7.12. The van der Waals surface area contributed by atoms with Gasteiger partial charge in [-0.2, -0.15) is 0 Å². The van der Waals surface area contributed by atoms with Gasteiger partial charge in [-0.25, -0.2) is 0 Å². The second kappa shape index (κ2) is 7.09. The number of carbonyl (C=O) groups excluding carboxylic acids is 1. The van der Waals surface area contributed by atoms with Crippen LogP contribution in [0.5, 0.6) is 5.75 Å². The Morgan fingerprint density at radius 2 is 2.05 bits per heavy atom. The molecule has 0 aliphatic carbocycles. The minimum Gasteiger partial charge on any atom is -0.492 e. The topological polar surface area (TPSA) is 44.8 Å². The monoisotopic (exact) mass is 293 g/mol. The number of hydrogen-bond acceptors (Lipinski definition) is 3. The third-order valence-corrected chi connectivity index (χ3v) is 3.54. The van der Waals surface area contributed by atoms with Gasteiger partial charge in [-0.1, -0.05) is 12.1 Å². The summed E-state index contributed by atoms with van der Waals surface area (Å²) in [5.74, 6) is 0.795. The maximum atomic E-state index is 10.7. The molecule has 0 spiro atoms. The molecule has 0 atom stereocenters. The molecule has 1 amide bonds. The van der Waals surface area contributed by atoms with E-state index >= 15 is 0 Å². The van der Waals surface area contributed by atoms with E-state index in [-0.39, 0.29) is 0 Å². The van der Waals surface area contributed by atoms with Gasteiger partial charge in [0.2, 0.25) is 6.41 Å². The lowest BCUT2D eigenvalue weighted by Crippen LogP contribution is -2.49. The SMILES string of the molecule is CCOc1ccccc1NC(=S)N1CCN(C=O)CC1. The number of nitrogens with zero attached hydrogens (tertiary/aromatic N) is 2. The molecule has 1 aliphatic heterocycles. The number of carbonyl (C=O) groups is 1. The van der Waals surface area contributed by atoms with Gasteiger partial charge in [-0.15, -0.1) is 0 Å². The summed E-state index contributed by atoms with van der Waals surface area (Å²) in [6.45, 7) is 5.48. The van der Waals surface area contributed by atoms with E-state index in [1.54, 1.807) is 4.90 Å². The van der Waals surface area contributed by atoms with Crippen molar-refractivity contribution in [2.24, 2.45) is 0 Å². The number of para-hydroxylation sites is 2. The molecule has 0 aromatic heterocycles. The Balaban J connectivity index is 1.96. The van der Waals surface area contributed by atoms with E-state index in [1.165, 1.54) is 0 Å². The summed E-state index contributed by atoms with van der Waals surface area (Å²) < 4.78 is 5.56. The van der Waals surface area contributed by atoms with Gasteiger partial charge in [-0.05, 0) is 31.3 Å². The van der Waals surface area contributed by atoms with E-state index in [9.17, 15) is 4.79 Å². The summed E-state index contributed by atoms with van der Waals surface area (Å²) >= 11 is 5.43. The van der Waals surface area contributed by atoms with Gasteiger partial charge in [0.15, 0.2) is 5.11 Å². The molecule has 20 heavy (non-hydrogen) atoms. The zero-order valence-corrected chi connectivity index (χ0v) is 12.4. The Morgan fingerprint density at radius 3 is 2.70 bits per heavy atom. The van der Waals surface area contributed by atoms with Gasteiger partial charge in [-0.3, -0.25) is 4.79 Å². The first-order valence-electron chi connectivity index (χ1n) is 6.71. The summed E-state index contributed by atoms with van der Waals surface area (Å²) in [5.41, 5.74) is 0.872. The predicted molar refractivity (Wildman–Crippen MR) is 83.0 cm³/mol. The van der Waals surface area contributed by atoms with Crippen LogP contribution in [-0.2, 0) is 4.79 Å². The van der Waals surface area contributed by atoms with Crippen molar-refractivity contribution in [3.05, 3.63) is 24.3 Å². The molecule has 1 saturated heterocycles. The second-order valence-corrected chi connectivity index (χ2v) is 4.87. The van der Waals surface area contributed by atoms with E-state index in [0.29, 0.717) is 24.8 Å². The number of nitrogens with one attached hydrogen (secondary N) is 1. The fraction of sp³-hybridized carbons (Fsp3) is 0.429. The van der Waals surface area contributed by atoms with Crippen molar-refractivity contribution < 1.29 is 9.53 Å². The average Bonchev–Trinajstić information content (AvgIpc) is 2.49. The Morgan fingerprint density at radius 1 is 1.35 bits per heavy atom. The molecule has 0 unspecified atom stereocenters. The van der Waals surface area contributed by atoms with Crippen molar-refractivity contribution >= 4 is 29.4 Å². The van der Waals surface area contributed by atoms with Gasteiger partial charge in [0.05, 0.1) is 12.3 Å². The van der Waals surface area contributed by atoms with Crippen molar-refractivity contribution in [2.45, 2.75) is 6.92 Å². The summed E-state index contributed by atoms with van der Waals surface area (Å²) in [4.78, 5) is 14.5. The van der Waals surface area contributed by atoms with Crippen molar-refractivity contribution in [3.63, 3.8) is 0 Å². The van der Waals surface area contributed by atoms with Crippen LogP contribution in [0.15, 0.2) is 24.3 Å². The van der Waals surface area contributed by atoms with Crippen LogP contribution in [-0.4, -0.2) is 54.1 Å². The molecule has 0 bridgehead atoms. The van der Waals surface area contributed by atoms with Crippen LogP contribution < -0.4 is 10.1 Å². The van der Waals surface area contributed by atoms with E-state index in [0.717, 1.165) is 30.9 Å². The summed E-state index contributed by atoms with van der Waals surface area (Å²) in [6.07, 6.45) is 0.887. The molecule has 108 valence electrons. The molecule has 1 fully saturated rings. The molecular weight excluding hydrogens is 274 g/mol. The van der Waals surface area contributed by atoms with Gasteiger partial charge in [0.1, 0.15) is 5.75 Å². The minimum atomic E-state index is 0.615. The molecule has 0 radical (unpaired) electrons. The normalized spacial score (nSPS) is 14.8. The van der Waals surface area contributed by atoms with Crippen LogP contribution in [0.1, 0.15) is 6.92 Å². The molecule has 1 aromatic rings. The third kappa shape index (κ3) is 3.60. The lowest BCUT2D eigenvalue weighted by atomic mass is 10.3. The number of anilines is 1.